The lowest BCUT2D eigenvalue weighted by molar-refractivity contribution is -0.145. The summed E-state index contributed by atoms with van der Waals surface area (Å²) in [6, 6.07) is 5.04. The molecular weight excluding hydrogens is 321 g/mol. The van der Waals surface area contributed by atoms with Crippen molar-refractivity contribution < 1.29 is 19.3 Å². The Balaban J connectivity index is 1.63. The van der Waals surface area contributed by atoms with Crippen LogP contribution in [0.1, 0.15) is 50.5 Å². The minimum Gasteiger partial charge on any atom is -0.490 e. The van der Waals surface area contributed by atoms with E-state index in [0.717, 1.165) is 6.54 Å². The number of hydrogen-bond acceptors (Lipinski definition) is 4. The molecule has 2 atom stereocenters. The summed E-state index contributed by atoms with van der Waals surface area (Å²) in [7, 11) is 0. The van der Waals surface area contributed by atoms with Crippen molar-refractivity contribution in [2.24, 2.45) is 0 Å². The SMILES string of the molecule is Cc1cc(OC[C@@]2(O)CN(C3CCCCCC3)CC[C@@H]2O)ccc1F. The summed E-state index contributed by atoms with van der Waals surface area (Å²) < 4.78 is 19.1. The first-order valence-electron chi connectivity index (χ1n) is 9.51. The summed E-state index contributed by atoms with van der Waals surface area (Å²) in [6.07, 6.45) is 7.18. The van der Waals surface area contributed by atoms with Crippen LogP contribution in [0.4, 0.5) is 4.39 Å². The molecule has 0 bridgehead atoms. The Kier molecular flexibility index (Phi) is 5.97. The van der Waals surface area contributed by atoms with Crippen LogP contribution in [0.15, 0.2) is 18.2 Å². The van der Waals surface area contributed by atoms with E-state index in [4.69, 9.17) is 4.74 Å². The number of ether oxygens (including phenoxy) is 1. The molecule has 1 aromatic rings. The van der Waals surface area contributed by atoms with Crippen LogP contribution in [0.5, 0.6) is 5.75 Å². The fourth-order valence-corrected chi connectivity index (χ4v) is 4.08. The van der Waals surface area contributed by atoms with Gasteiger partial charge in [0.1, 0.15) is 23.8 Å². The number of likely N-dealkylation sites (tertiary alicyclic amines) is 1. The molecule has 0 spiro atoms. The van der Waals surface area contributed by atoms with Crippen LogP contribution in [0, 0.1) is 12.7 Å². The number of benzene rings is 1. The van der Waals surface area contributed by atoms with Crippen LogP contribution in [-0.4, -0.2) is 52.6 Å². The number of piperidine rings is 1. The van der Waals surface area contributed by atoms with Crippen LogP contribution in [0.3, 0.4) is 0 Å². The van der Waals surface area contributed by atoms with Crippen molar-refractivity contribution >= 4 is 0 Å². The summed E-state index contributed by atoms with van der Waals surface area (Å²) in [4.78, 5) is 2.33. The van der Waals surface area contributed by atoms with Crippen LogP contribution >= 0.6 is 0 Å². The van der Waals surface area contributed by atoms with E-state index in [1.807, 2.05) is 0 Å². The maximum absolute atomic E-state index is 13.4. The number of nitrogens with zero attached hydrogens (tertiary/aromatic N) is 1. The summed E-state index contributed by atoms with van der Waals surface area (Å²) in [6.45, 7) is 2.95. The Hall–Kier alpha value is -1.17. The minimum absolute atomic E-state index is 0.0163. The summed E-state index contributed by atoms with van der Waals surface area (Å²) in [5.74, 6) is 0.245. The molecule has 5 heteroatoms. The molecule has 4 nitrogen and oxygen atoms in total. The minimum atomic E-state index is -1.28. The lowest BCUT2D eigenvalue weighted by Gasteiger charge is -2.45. The van der Waals surface area contributed by atoms with Gasteiger partial charge in [-0.1, -0.05) is 25.7 Å². The van der Waals surface area contributed by atoms with Crippen molar-refractivity contribution in [1.29, 1.82) is 0 Å². The third kappa shape index (κ3) is 4.52. The lowest BCUT2D eigenvalue weighted by Crippen LogP contribution is -2.61. The number of hydrogen-bond donors (Lipinski definition) is 2. The summed E-state index contributed by atoms with van der Waals surface area (Å²) in [5.41, 5.74) is -0.777. The quantitative estimate of drug-likeness (QED) is 0.819. The van der Waals surface area contributed by atoms with E-state index in [0.29, 0.717) is 30.3 Å². The Morgan fingerprint density at radius 1 is 1.20 bits per heavy atom. The molecule has 1 aliphatic carbocycles. The second-order valence-corrected chi connectivity index (χ2v) is 7.72. The molecule has 2 aliphatic rings. The predicted octanol–water partition coefficient (Wildman–Crippen LogP) is 3.03. The first kappa shape index (κ1) is 18.6. The van der Waals surface area contributed by atoms with Crippen molar-refractivity contribution in [3.8, 4) is 5.75 Å². The van der Waals surface area contributed by atoms with Gasteiger partial charge in [-0.25, -0.2) is 4.39 Å². The highest BCUT2D eigenvalue weighted by Crippen LogP contribution is 2.29. The van der Waals surface area contributed by atoms with Crippen LogP contribution < -0.4 is 4.74 Å². The first-order chi connectivity index (χ1) is 12.0. The van der Waals surface area contributed by atoms with Gasteiger partial charge in [-0.05, 0) is 49.9 Å². The number of rotatable bonds is 4. The molecule has 1 saturated carbocycles. The molecule has 140 valence electrons. The van der Waals surface area contributed by atoms with Crippen molar-refractivity contribution in [3.05, 3.63) is 29.6 Å². The van der Waals surface area contributed by atoms with Gasteiger partial charge in [-0.3, -0.25) is 4.90 Å². The smallest absolute Gasteiger partial charge is 0.137 e. The molecule has 1 aliphatic heterocycles. The standard InChI is InChI=1S/C20H30FNO3/c1-15-12-17(8-9-18(15)21)25-14-20(24)13-22(11-10-19(20)23)16-6-4-2-3-5-7-16/h8-9,12,16,19,23-24H,2-7,10-11,13-14H2,1H3/t19-,20-/m0/s1. The largest absolute Gasteiger partial charge is 0.490 e. The second-order valence-electron chi connectivity index (χ2n) is 7.72. The van der Waals surface area contributed by atoms with E-state index in [1.165, 1.54) is 44.6 Å². The zero-order valence-corrected chi connectivity index (χ0v) is 15.1. The van der Waals surface area contributed by atoms with Gasteiger partial charge in [-0.15, -0.1) is 0 Å². The highest BCUT2D eigenvalue weighted by molar-refractivity contribution is 5.29. The van der Waals surface area contributed by atoms with Gasteiger partial charge < -0.3 is 14.9 Å². The number of β-amino-alcohol motifs (C(OH)–C–C–N with tert-alkyl or cyclic N) is 1. The van der Waals surface area contributed by atoms with Crippen LogP contribution in [0.25, 0.3) is 0 Å². The topological polar surface area (TPSA) is 52.9 Å². The molecular formula is C20H30FNO3. The van der Waals surface area contributed by atoms with E-state index in [-0.39, 0.29) is 12.4 Å². The highest BCUT2D eigenvalue weighted by atomic mass is 19.1. The fourth-order valence-electron chi connectivity index (χ4n) is 4.08. The molecule has 2 fully saturated rings. The lowest BCUT2D eigenvalue weighted by atomic mass is 9.88. The molecule has 1 saturated heterocycles. The van der Waals surface area contributed by atoms with Gasteiger partial charge in [-0.2, -0.15) is 0 Å². The molecule has 1 aromatic carbocycles. The van der Waals surface area contributed by atoms with Gasteiger partial charge in [0.25, 0.3) is 0 Å². The molecule has 0 amide bonds. The van der Waals surface area contributed by atoms with Gasteiger partial charge in [0.15, 0.2) is 0 Å². The molecule has 0 radical (unpaired) electrons. The van der Waals surface area contributed by atoms with Crippen LogP contribution in [-0.2, 0) is 0 Å². The van der Waals surface area contributed by atoms with E-state index < -0.39 is 11.7 Å². The molecule has 0 unspecified atom stereocenters. The fraction of sp³-hybridized carbons (Fsp3) is 0.700. The average Bonchev–Trinajstić information content (AvgIpc) is 2.88. The van der Waals surface area contributed by atoms with Crippen LogP contribution in [0.2, 0.25) is 0 Å². The van der Waals surface area contributed by atoms with Crippen molar-refractivity contribution in [1.82, 2.24) is 4.90 Å². The van der Waals surface area contributed by atoms with Crippen molar-refractivity contribution in [2.75, 3.05) is 19.7 Å². The van der Waals surface area contributed by atoms with E-state index >= 15 is 0 Å². The maximum atomic E-state index is 13.4. The summed E-state index contributed by atoms with van der Waals surface area (Å²) >= 11 is 0. The zero-order valence-electron chi connectivity index (χ0n) is 15.1. The monoisotopic (exact) mass is 351 g/mol. The first-order valence-corrected chi connectivity index (χ1v) is 9.51. The molecule has 25 heavy (non-hydrogen) atoms. The zero-order chi connectivity index (χ0) is 17.9. The third-order valence-electron chi connectivity index (χ3n) is 5.75. The van der Waals surface area contributed by atoms with Gasteiger partial charge >= 0.3 is 0 Å². The number of aryl methyl sites for hydroxylation is 1. The van der Waals surface area contributed by atoms with Crippen molar-refractivity contribution in [3.63, 3.8) is 0 Å². The average molecular weight is 351 g/mol. The Morgan fingerprint density at radius 2 is 1.92 bits per heavy atom. The van der Waals surface area contributed by atoms with Gasteiger partial charge in [0, 0.05) is 19.1 Å². The van der Waals surface area contributed by atoms with E-state index in [2.05, 4.69) is 4.90 Å². The number of aliphatic hydroxyl groups is 2. The van der Waals surface area contributed by atoms with Gasteiger partial charge in [0.05, 0.1) is 6.10 Å². The Bertz CT molecular complexity index is 574. The van der Waals surface area contributed by atoms with E-state index in [9.17, 15) is 14.6 Å². The number of aliphatic hydroxyl groups excluding tert-OH is 1. The van der Waals surface area contributed by atoms with Gasteiger partial charge in [0.2, 0.25) is 0 Å². The van der Waals surface area contributed by atoms with E-state index in [1.54, 1.807) is 19.1 Å². The highest BCUT2D eigenvalue weighted by Gasteiger charge is 2.43. The predicted molar refractivity (Wildman–Crippen MR) is 95.3 cm³/mol. The molecule has 2 N–H and O–H groups in total. The Labute approximate surface area is 149 Å². The molecule has 0 aromatic heterocycles. The molecule has 3 rings (SSSR count). The normalized spacial score (nSPS) is 29.4. The number of halogens is 1. The maximum Gasteiger partial charge on any atom is 0.137 e. The Morgan fingerprint density at radius 3 is 2.60 bits per heavy atom. The molecule has 1 heterocycles. The van der Waals surface area contributed by atoms with Crippen molar-refractivity contribution in [2.45, 2.75) is 69.6 Å². The summed E-state index contributed by atoms with van der Waals surface area (Å²) in [5, 5.41) is 21.4. The third-order valence-corrected chi connectivity index (χ3v) is 5.75. The second kappa shape index (κ2) is 8.02.